The summed E-state index contributed by atoms with van der Waals surface area (Å²) in [5.74, 6) is 0.415. The molecule has 1 saturated carbocycles. The lowest BCUT2D eigenvalue weighted by molar-refractivity contribution is -0.110. The molecule has 0 aromatic rings. The zero-order valence-electron chi connectivity index (χ0n) is 8.59. The first kappa shape index (κ1) is 11.4. The number of aldehydes is 1. The molecule has 0 amide bonds. The highest BCUT2D eigenvalue weighted by Crippen LogP contribution is 2.39. The topological polar surface area (TPSA) is 17.1 Å². The number of hydrogen-bond donors (Lipinski definition) is 0. The largest absolute Gasteiger partial charge is 0.303 e. The Balaban J connectivity index is 3.01. The Labute approximate surface area is 93.7 Å². The molecule has 0 saturated heterocycles. The number of rotatable bonds is 2. The van der Waals surface area contributed by atoms with Crippen LogP contribution in [-0.2, 0) is 4.79 Å². The van der Waals surface area contributed by atoms with E-state index < -0.39 is 0 Å². The molecule has 14 heavy (non-hydrogen) atoms. The third kappa shape index (κ3) is 2.24. The summed E-state index contributed by atoms with van der Waals surface area (Å²) in [5.41, 5.74) is 2.17. The molecule has 0 aromatic heterocycles. The molecule has 76 valence electrons. The molecule has 0 N–H and O–H groups in total. The van der Waals surface area contributed by atoms with Crippen LogP contribution in [0.25, 0.3) is 0 Å². The van der Waals surface area contributed by atoms with E-state index in [0.29, 0.717) is 5.92 Å². The second-order valence-corrected chi connectivity index (χ2v) is 4.64. The second kappa shape index (κ2) is 4.74. The van der Waals surface area contributed by atoms with Crippen molar-refractivity contribution in [1.29, 1.82) is 0 Å². The van der Waals surface area contributed by atoms with E-state index in [1.165, 1.54) is 0 Å². The average molecular weight is 255 g/mol. The SMILES string of the molecule is C=C1CC(C)C(C=O)/C1=C/C(Br)=C\C. The number of carbonyl (C=O) groups is 1. The molecule has 2 unspecified atom stereocenters. The van der Waals surface area contributed by atoms with E-state index in [9.17, 15) is 4.79 Å². The summed E-state index contributed by atoms with van der Waals surface area (Å²) in [6, 6.07) is 0. The van der Waals surface area contributed by atoms with Gasteiger partial charge in [0.25, 0.3) is 0 Å². The second-order valence-electron chi connectivity index (χ2n) is 3.72. The molecule has 1 rings (SSSR count). The number of hydrogen-bond acceptors (Lipinski definition) is 1. The van der Waals surface area contributed by atoms with E-state index in [0.717, 1.165) is 28.3 Å². The van der Waals surface area contributed by atoms with Gasteiger partial charge in [-0.05, 0) is 30.9 Å². The van der Waals surface area contributed by atoms with Crippen molar-refractivity contribution in [3.05, 3.63) is 34.4 Å². The van der Waals surface area contributed by atoms with Crippen LogP contribution in [0.3, 0.4) is 0 Å². The van der Waals surface area contributed by atoms with Crippen molar-refractivity contribution in [1.82, 2.24) is 0 Å². The van der Waals surface area contributed by atoms with Crippen LogP contribution in [0.4, 0.5) is 0 Å². The van der Waals surface area contributed by atoms with Crippen molar-refractivity contribution in [2.45, 2.75) is 20.3 Å². The first-order valence-electron chi connectivity index (χ1n) is 4.77. The van der Waals surface area contributed by atoms with Crippen molar-refractivity contribution in [2.75, 3.05) is 0 Å². The summed E-state index contributed by atoms with van der Waals surface area (Å²) in [5, 5.41) is 0. The highest BCUT2D eigenvalue weighted by atomic mass is 79.9. The molecule has 1 fully saturated rings. The fourth-order valence-electron chi connectivity index (χ4n) is 1.81. The fourth-order valence-corrected chi connectivity index (χ4v) is 2.06. The minimum absolute atomic E-state index is 0.0231. The van der Waals surface area contributed by atoms with Crippen molar-refractivity contribution in [3.8, 4) is 0 Å². The number of halogens is 1. The summed E-state index contributed by atoms with van der Waals surface area (Å²) in [6.07, 6.45) is 5.93. The zero-order valence-corrected chi connectivity index (χ0v) is 10.2. The van der Waals surface area contributed by atoms with Gasteiger partial charge in [0, 0.05) is 10.4 Å². The van der Waals surface area contributed by atoms with Crippen LogP contribution < -0.4 is 0 Å². The normalized spacial score (nSPS) is 31.2. The van der Waals surface area contributed by atoms with Gasteiger partial charge in [-0.1, -0.05) is 41.1 Å². The molecule has 0 aromatic carbocycles. The number of carbonyl (C=O) groups excluding carboxylic acids is 1. The van der Waals surface area contributed by atoms with Gasteiger partial charge >= 0.3 is 0 Å². The van der Waals surface area contributed by atoms with E-state index in [-0.39, 0.29) is 5.92 Å². The van der Waals surface area contributed by atoms with E-state index in [1.54, 1.807) is 0 Å². The van der Waals surface area contributed by atoms with E-state index in [2.05, 4.69) is 29.4 Å². The van der Waals surface area contributed by atoms with Gasteiger partial charge in [-0.3, -0.25) is 0 Å². The van der Waals surface area contributed by atoms with Gasteiger partial charge in [0.05, 0.1) is 0 Å². The van der Waals surface area contributed by atoms with Crippen molar-refractivity contribution in [3.63, 3.8) is 0 Å². The molecule has 2 atom stereocenters. The standard InChI is InChI=1S/C12H15BrO/c1-4-10(13)6-11-8(2)5-9(3)12(11)7-14/h4,6-7,9,12H,2,5H2,1,3H3/b10-4+,11-6+. The van der Waals surface area contributed by atoms with E-state index in [1.807, 2.05) is 19.1 Å². The van der Waals surface area contributed by atoms with Gasteiger partial charge in [0.1, 0.15) is 6.29 Å². The lowest BCUT2D eigenvalue weighted by Crippen LogP contribution is -2.06. The maximum atomic E-state index is 10.9. The maximum absolute atomic E-state index is 10.9. The van der Waals surface area contributed by atoms with Crippen molar-refractivity contribution >= 4 is 22.2 Å². The first-order valence-corrected chi connectivity index (χ1v) is 5.56. The van der Waals surface area contributed by atoms with Gasteiger partial charge in [0.2, 0.25) is 0 Å². The highest BCUT2D eigenvalue weighted by Gasteiger charge is 2.30. The van der Waals surface area contributed by atoms with Gasteiger partial charge in [0.15, 0.2) is 0 Å². The molecule has 1 aliphatic carbocycles. The van der Waals surface area contributed by atoms with Crippen LogP contribution in [0.2, 0.25) is 0 Å². The van der Waals surface area contributed by atoms with Gasteiger partial charge in [-0.25, -0.2) is 0 Å². The monoisotopic (exact) mass is 254 g/mol. The Kier molecular flexibility index (Phi) is 3.87. The zero-order chi connectivity index (χ0) is 10.7. The lowest BCUT2D eigenvalue weighted by atomic mass is 9.96. The summed E-state index contributed by atoms with van der Waals surface area (Å²) >= 11 is 3.42. The van der Waals surface area contributed by atoms with E-state index in [4.69, 9.17) is 0 Å². The summed E-state index contributed by atoms with van der Waals surface area (Å²) in [4.78, 5) is 10.9. The van der Waals surface area contributed by atoms with Crippen LogP contribution in [0.1, 0.15) is 20.3 Å². The lowest BCUT2D eigenvalue weighted by Gasteiger charge is -2.08. The Hall–Kier alpha value is -0.630. The number of allylic oxidation sites excluding steroid dienone is 5. The average Bonchev–Trinajstić information content (AvgIpc) is 2.41. The third-order valence-corrected chi connectivity index (χ3v) is 3.35. The van der Waals surface area contributed by atoms with Crippen LogP contribution in [0.15, 0.2) is 34.4 Å². The smallest absolute Gasteiger partial charge is 0.127 e. The van der Waals surface area contributed by atoms with Gasteiger partial charge in [-0.15, -0.1) is 0 Å². The third-order valence-electron chi connectivity index (χ3n) is 2.66. The van der Waals surface area contributed by atoms with Crippen LogP contribution in [-0.4, -0.2) is 6.29 Å². The Morgan fingerprint density at radius 3 is 2.79 bits per heavy atom. The van der Waals surface area contributed by atoms with Gasteiger partial charge in [-0.2, -0.15) is 0 Å². The summed E-state index contributed by atoms with van der Waals surface area (Å²) in [7, 11) is 0. The minimum atomic E-state index is 0.0231. The molecule has 0 bridgehead atoms. The molecule has 1 aliphatic rings. The molecular weight excluding hydrogens is 240 g/mol. The first-order chi connectivity index (χ1) is 6.60. The molecule has 0 heterocycles. The summed E-state index contributed by atoms with van der Waals surface area (Å²) < 4.78 is 1.01. The highest BCUT2D eigenvalue weighted by molar-refractivity contribution is 9.11. The fraction of sp³-hybridized carbons (Fsp3) is 0.417. The van der Waals surface area contributed by atoms with Crippen molar-refractivity contribution in [2.24, 2.45) is 11.8 Å². The van der Waals surface area contributed by atoms with Crippen LogP contribution >= 0.6 is 15.9 Å². The maximum Gasteiger partial charge on any atom is 0.127 e. The quantitative estimate of drug-likeness (QED) is 0.689. The Bertz CT molecular complexity index is 312. The van der Waals surface area contributed by atoms with Gasteiger partial charge < -0.3 is 4.79 Å². The predicted octanol–water partition coefficient (Wildman–Crippen LogP) is 3.62. The molecule has 1 nitrogen and oxygen atoms in total. The van der Waals surface area contributed by atoms with E-state index >= 15 is 0 Å². The Morgan fingerprint density at radius 2 is 2.29 bits per heavy atom. The summed E-state index contributed by atoms with van der Waals surface area (Å²) in [6.45, 7) is 8.04. The van der Waals surface area contributed by atoms with Crippen molar-refractivity contribution < 1.29 is 4.79 Å². The molecule has 0 spiro atoms. The molecule has 0 radical (unpaired) electrons. The molecular formula is C12H15BrO. The predicted molar refractivity (Wildman–Crippen MR) is 63.2 cm³/mol. The van der Waals surface area contributed by atoms with Crippen LogP contribution in [0.5, 0.6) is 0 Å². The minimum Gasteiger partial charge on any atom is -0.303 e. The molecule has 2 heteroatoms. The molecule has 0 aliphatic heterocycles. The Morgan fingerprint density at radius 1 is 1.64 bits per heavy atom. The van der Waals surface area contributed by atoms with Crippen LogP contribution in [0, 0.1) is 11.8 Å².